The first-order valence-corrected chi connectivity index (χ1v) is 9.87. The smallest absolute Gasteiger partial charge is 0.311 e. The molecule has 0 saturated carbocycles. The summed E-state index contributed by atoms with van der Waals surface area (Å²) in [6, 6.07) is 25.0. The zero-order chi connectivity index (χ0) is 20.5. The van der Waals surface area contributed by atoms with Crippen LogP contribution in [0.1, 0.15) is 29.5 Å². The molecule has 0 aliphatic heterocycles. The van der Waals surface area contributed by atoms with Gasteiger partial charge in [-0.25, -0.2) is 0 Å². The van der Waals surface area contributed by atoms with Crippen LogP contribution in [-0.2, 0) is 17.6 Å². The second-order valence-electron chi connectivity index (χ2n) is 6.84. The lowest BCUT2D eigenvalue weighted by molar-refractivity contribution is -0.138. The molecule has 3 aromatic carbocycles. The normalized spacial score (nSPS) is 11.6. The van der Waals surface area contributed by atoms with E-state index in [1.54, 1.807) is 0 Å². The molecule has 1 unspecified atom stereocenters. The highest BCUT2D eigenvalue weighted by Gasteiger charge is 2.19. The third-order valence-electron chi connectivity index (χ3n) is 4.82. The molecule has 0 aliphatic rings. The fraction of sp³-hybridized carbons (Fsp3) is 0.240. The Morgan fingerprint density at radius 2 is 1.31 bits per heavy atom. The SMILES string of the molecule is CCc1ccc(OCCOc2ccc(CC(C(=O)O)c3ccccc3)cc2)cc1. The number of hydrogen-bond acceptors (Lipinski definition) is 3. The van der Waals surface area contributed by atoms with Gasteiger partial charge in [0.1, 0.15) is 24.7 Å². The summed E-state index contributed by atoms with van der Waals surface area (Å²) in [6.07, 6.45) is 1.45. The molecular weight excluding hydrogens is 364 g/mol. The van der Waals surface area contributed by atoms with Gasteiger partial charge >= 0.3 is 5.97 Å². The van der Waals surface area contributed by atoms with Gasteiger partial charge < -0.3 is 14.6 Å². The summed E-state index contributed by atoms with van der Waals surface area (Å²) < 4.78 is 11.4. The van der Waals surface area contributed by atoms with Crippen LogP contribution in [0, 0.1) is 0 Å². The van der Waals surface area contributed by atoms with Gasteiger partial charge in [-0.2, -0.15) is 0 Å². The summed E-state index contributed by atoms with van der Waals surface area (Å²) in [5.74, 6) is 0.197. The largest absolute Gasteiger partial charge is 0.490 e. The quantitative estimate of drug-likeness (QED) is 0.488. The maximum atomic E-state index is 11.7. The average molecular weight is 390 g/mol. The Morgan fingerprint density at radius 3 is 1.79 bits per heavy atom. The predicted molar refractivity (Wildman–Crippen MR) is 114 cm³/mol. The zero-order valence-corrected chi connectivity index (χ0v) is 16.6. The molecule has 3 rings (SSSR count). The minimum Gasteiger partial charge on any atom is -0.490 e. The topological polar surface area (TPSA) is 55.8 Å². The summed E-state index contributed by atoms with van der Waals surface area (Å²) in [5, 5.41) is 9.57. The Hall–Kier alpha value is -3.27. The van der Waals surface area contributed by atoms with Gasteiger partial charge in [-0.1, -0.05) is 61.5 Å². The van der Waals surface area contributed by atoms with Crippen molar-refractivity contribution in [1.29, 1.82) is 0 Å². The molecule has 0 radical (unpaired) electrons. The van der Waals surface area contributed by atoms with Gasteiger partial charge in [0.15, 0.2) is 0 Å². The molecule has 0 fully saturated rings. The maximum absolute atomic E-state index is 11.7. The highest BCUT2D eigenvalue weighted by molar-refractivity contribution is 5.76. The van der Waals surface area contributed by atoms with E-state index in [4.69, 9.17) is 9.47 Å². The van der Waals surface area contributed by atoms with E-state index in [0.717, 1.165) is 29.0 Å². The Balaban J connectivity index is 1.48. The van der Waals surface area contributed by atoms with Crippen LogP contribution < -0.4 is 9.47 Å². The van der Waals surface area contributed by atoms with E-state index in [1.165, 1.54) is 5.56 Å². The lowest BCUT2D eigenvalue weighted by Gasteiger charge is -2.13. The Morgan fingerprint density at radius 1 is 0.793 bits per heavy atom. The number of hydrogen-bond donors (Lipinski definition) is 1. The van der Waals surface area contributed by atoms with Crippen molar-refractivity contribution in [2.45, 2.75) is 25.7 Å². The lowest BCUT2D eigenvalue weighted by atomic mass is 9.92. The van der Waals surface area contributed by atoms with E-state index >= 15 is 0 Å². The molecule has 1 N–H and O–H groups in total. The summed E-state index contributed by atoms with van der Waals surface area (Å²) in [4.78, 5) is 11.7. The van der Waals surface area contributed by atoms with E-state index in [-0.39, 0.29) is 0 Å². The first-order valence-electron chi connectivity index (χ1n) is 9.87. The van der Waals surface area contributed by atoms with Gasteiger partial charge in [0.05, 0.1) is 5.92 Å². The zero-order valence-electron chi connectivity index (χ0n) is 16.6. The van der Waals surface area contributed by atoms with Crippen LogP contribution in [0.2, 0.25) is 0 Å². The average Bonchev–Trinajstić information content (AvgIpc) is 2.77. The van der Waals surface area contributed by atoms with Gasteiger partial charge in [-0.15, -0.1) is 0 Å². The molecule has 1 atom stereocenters. The first kappa shape index (κ1) is 20.5. The molecular formula is C25H26O4. The molecule has 0 bridgehead atoms. The van der Waals surface area contributed by atoms with Gasteiger partial charge in [-0.3, -0.25) is 4.79 Å². The van der Waals surface area contributed by atoms with Gasteiger partial charge in [-0.05, 0) is 53.8 Å². The number of aryl methyl sites for hydroxylation is 1. The van der Waals surface area contributed by atoms with Gasteiger partial charge in [0, 0.05) is 0 Å². The third-order valence-corrected chi connectivity index (χ3v) is 4.82. The van der Waals surface area contributed by atoms with Crippen molar-refractivity contribution in [2.24, 2.45) is 0 Å². The second-order valence-corrected chi connectivity index (χ2v) is 6.84. The first-order chi connectivity index (χ1) is 14.2. The minimum absolute atomic E-state index is 0.441. The third kappa shape index (κ3) is 6.11. The van der Waals surface area contributed by atoms with E-state index in [0.29, 0.717) is 19.6 Å². The standard InChI is InChI=1S/C25H26O4/c1-2-19-8-12-22(13-9-19)28-16-17-29-23-14-10-20(11-15-23)18-24(25(26)27)21-6-4-3-5-7-21/h3-15,24H,2,16-18H2,1H3,(H,26,27). The summed E-state index contributed by atoms with van der Waals surface area (Å²) >= 11 is 0. The number of benzene rings is 3. The van der Waals surface area contributed by atoms with Crippen LogP contribution in [-0.4, -0.2) is 24.3 Å². The van der Waals surface area contributed by atoms with Gasteiger partial charge in [0.25, 0.3) is 0 Å². The molecule has 0 aromatic heterocycles. The van der Waals surface area contributed by atoms with Crippen molar-refractivity contribution in [3.63, 3.8) is 0 Å². The van der Waals surface area contributed by atoms with Crippen LogP contribution >= 0.6 is 0 Å². The van der Waals surface area contributed by atoms with Crippen LogP contribution in [0.3, 0.4) is 0 Å². The number of carboxylic acids is 1. The second kappa shape index (κ2) is 10.3. The number of rotatable bonds is 10. The van der Waals surface area contributed by atoms with Crippen molar-refractivity contribution in [2.75, 3.05) is 13.2 Å². The van der Waals surface area contributed by atoms with E-state index in [9.17, 15) is 9.90 Å². The number of carboxylic acid groups (broad SMARTS) is 1. The Labute approximate surface area is 171 Å². The Kier molecular flexibility index (Phi) is 7.28. The van der Waals surface area contributed by atoms with Gasteiger partial charge in [0.2, 0.25) is 0 Å². The summed E-state index contributed by atoms with van der Waals surface area (Å²) in [7, 11) is 0. The molecule has 0 saturated heterocycles. The van der Waals surface area contributed by atoms with Crippen LogP contribution in [0.4, 0.5) is 0 Å². The van der Waals surface area contributed by atoms with Crippen molar-refractivity contribution >= 4 is 5.97 Å². The van der Waals surface area contributed by atoms with E-state index < -0.39 is 11.9 Å². The lowest BCUT2D eigenvalue weighted by Crippen LogP contribution is -2.14. The molecule has 29 heavy (non-hydrogen) atoms. The molecule has 150 valence electrons. The van der Waals surface area contributed by atoms with Crippen molar-refractivity contribution in [3.05, 3.63) is 95.6 Å². The number of ether oxygens (including phenoxy) is 2. The van der Waals surface area contributed by atoms with E-state index in [1.807, 2.05) is 66.7 Å². The van der Waals surface area contributed by atoms with Crippen LogP contribution in [0.5, 0.6) is 11.5 Å². The highest BCUT2D eigenvalue weighted by Crippen LogP contribution is 2.23. The number of aliphatic carboxylic acids is 1. The Bertz CT molecular complexity index is 886. The molecule has 0 aliphatic carbocycles. The maximum Gasteiger partial charge on any atom is 0.311 e. The highest BCUT2D eigenvalue weighted by atomic mass is 16.5. The predicted octanol–water partition coefficient (Wildman–Crippen LogP) is 5.12. The van der Waals surface area contributed by atoms with E-state index in [2.05, 4.69) is 19.1 Å². The van der Waals surface area contributed by atoms with Crippen molar-refractivity contribution in [1.82, 2.24) is 0 Å². The fourth-order valence-electron chi connectivity index (χ4n) is 3.13. The van der Waals surface area contributed by atoms with Crippen LogP contribution in [0.25, 0.3) is 0 Å². The summed E-state index contributed by atoms with van der Waals surface area (Å²) in [5.41, 5.74) is 3.05. The molecule has 0 amide bonds. The van der Waals surface area contributed by atoms with Crippen LogP contribution in [0.15, 0.2) is 78.9 Å². The summed E-state index contributed by atoms with van der Waals surface area (Å²) in [6.45, 7) is 3.03. The van der Waals surface area contributed by atoms with Crippen molar-refractivity contribution < 1.29 is 19.4 Å². The molecule has 3 aromatic rings. The molecule has 0 spiro atoms. The number of carbonyl (C=O) groups is 1. The fourth-order valence-corrected chi connectivity index (χ4v) is 3.13. The monoisotopic (exact) mass is 390 g/mol. The molecule has 4 heteroatoms. The molecule has 0 heterocycles. The molecule has 4 nitrogen and oxygen atoms in total. The minimum atomic E-state index is -0.819. The van der Waals surface area contributed by atoms with Crippen molar-refractivity contribution in [3.8, 4) is 11.5 Å².